The second-order valence-corrected chi connectivity index (χ2v) is 7.86. The Morgan fingerprint density at radius 2 is 1.64 bits per heavy atom. The van der Waals surface area contributed by atoms with Gasteiger partial charge in [0.05, 0.1) is 40.0 Å². The summed E-state index contributed by atoms with van der Waals surface area (Å²) in [5, 5.41) is 9.11. The van der Waals surface area contributed by atoms with Gasteiger partial charge in [0.2, 0.25) is 0 Å². The van der Waals surface area contributed by atoms with Gasteiger partial charge < -0.3 is 9.47 Å². The number of carbonyl (C=O) groups is 2. The lowest BCUT2D eigenvalue weighted by Crippen LogP contribution is -2.10. The molecule has 0 N–H and O–H groups in total. The van der Waals surface area contributed by atoms with Crippen molar-refractivity contribution in [2.24, 2.45) is 0 Å². The first kappa shape index (κ1) is 19.6. The molecule has 0 unspecified atom stereocenters. The molecule has 28 heavy (non-hydrogen) atoms. The van der Waals surface area contributed by atoms with Gasteiger partial charge in [0.15, 0.2) is 0 Å². The molecule has 0 saturated carbocycles. The molecule has 3 rings (SSSR count). The number of fused-ring (bicyclic) bond motifs is 1. The molecular formula is C20H12N2O4S2. The van der Waals surface area contributed by atoms with Crippen molar-refractivity contribution in [3.63, 3.8) is 0 Å². The summed E-state index contributed by atoms with van der Waals surface area (Å²) in [7, 11) is 1.28. The van der Waals surface area contributed by atoms with Crippen LogP contribution in [-0.2, 0) is 4.74 Å². The smallest absolute Gasteiger partial charge is 0.343 e. The maximum Gasteiger partial charge on any atom is 0.343 e. The highest BCUT2D eigenvalue weighted by atomic mass is 32.2. The minimum atomic E-state index is -0.573. The first-order valence-electron chi connectivity index (χ1n) is 7.90. The van der Waals surface area contributed by atoms with Crippen molar-refractivity contribution in [3.8, 4) is 11.8 Å². The topological polar surface area (TPSA) is 80.8 Å². The van der Waals surface area contributed by atoms with E-state index < -0.39 is 11.9 Å². The van der Waals surface area contributed by atoms with E-state index in [2.05, 4.69) is 9.58 Å². The van der Waals surface area contributed by atoms with Crippen LogP contribution >= 0.6 is 23.5 Å². The number of thioether (sulfide) groups is 2. The first-order valence-corrected chi connectivity index (χ1v) is 9.53. The number of hydrogen-bond donors (Lipinski definition) is 0. The number of rotatable bonds is 3. The maximum atomic E-state index is 12.5. The SMILES string of the molecule is [C-]#[N+]/C(C#N)=C1\Sc2c(C)ccc(OC(=O)c3ccc(C(=O)OC)cc3)c2S1. The van der Waals surface area contributed by atoms with Crippen LogP contribution in [0.5, 0.6) is 5.75 Å². The Morgan fingerprint density at radius 1 is 1.04 bits per heavy atom. The molecule has 0 aromatic heterocycles. The average molecular weight is 408 g/mol. The number of nitriles is 1. The van der Waals surface area contributed by atoms with Crippen molar-refractivity contribution in [2.75, 3.05) is 7.11 Å². The van der Waals surface area contributed by atoms with Crippen molar-refractivity contribution < 1.29 is 19.1 Å². The van der Waals surface area contributed by atoms with Gasteiger partial charge >= 0.3 is 11.9 Å². The molecule has 6 nitrogen and oxygen atoms in total. The second-order valence-electron chi connectivity index (χ2n) is 5.56. The van der Waals surface area contributed by atoms with E-state index in [0.29, 0.717) is 20.4 Å². The summed E-state index contributed by atoms with van der Waals surface area (Å²) in [6.07, 6.45) is 0. The van der Waals surface area contributed by atoms with Gasteiger partial charge in [-0.15, -0.1) is 0 Å². The number of carbonyl (C=O) groups excluding carboxylic acids is 2. The van der Waals surface area contributed by atoms with Crippen LogP contribution in [0.4, 0.5) is 0 Å². The van der Waals surface area contributed by atoms with Crippen LogP contribution in [-0.4, -0.2) is 19.0 Å². The molecule has 0 saturated heterocycles. The fraction of sp³-hybridized carbons (Fsp3) is 0.100. The van der Waals surface area contributed by atoms with E-state index in [1.165, 1.54) is 54.9 Å². The van der Waals surface area contributed by atoms with Gasteiger partial charge in [-0.05, 0) is 42.8 Å². The van der Waals surface area contributed by atoms with Crippen LogP contribution in [0, 0.1) is 24.8 Å². The molecule has 0 bridgehead atoms. The standard InChI is InChI=1S/C20H12N2O4S2/c1-11-4-9-15(17-16(11)27-20(28-17)14(10-21)22-2)26-19(24)13-7-5-12(6-8-13)18(23)25-3/h4-9H,1,3H3/b20-14+. The zero-order valence-electron chi connectivity index (χ0n) is 14.8. The normalized spacial score (nSPS) is 13.7. The molecule has 0 spiro atoms. The maximum absolute atomic E-state index is 12.5. The van der Waals surface area contributed by atoms with Gasteiger partial charge in [-0.25, -0.2) is 19.7 Å². The summed E-state index contributed by atoms with van der Waals surface area (Å²) in [6.45, 7) is 9.04. The third-order valence-electron chi connectivity index (χ3n) is 3.82. The minimum Gasteiger partial charge on any atom is -0.465 e. The number of aryl methyl sites for hydroxylation is 1. The zero-order chi connectivity index (χ0) is 20.3. The fourth-order valence-corrected chi connectivity index (χ4v) is 4.93. The number of methoxy groups -OCH3 is 1. The van der Waals surface area contributed by atoms with Crippen LogP contribution in [0.1, 0.15) is 26.3 Å². The molecule has 8 heteroatoms. The van der Waals surface area contributed by atoms with Gasteiger partial charge in [0.25, 0.3) is 5.70 Å². The molecule has 1 heterocycles. The van der Waals surface area contributed by atoms with E-state index in [-0.39, 0.29) is 11.3 Å². The molecule has 2 aromatic rings. The number of hydrogen-bond acceptors (Lipinski definition) is 7. The van der Waals surface area contributed by atoms with Gasteiger partial charge in [0.1, 0.15) is 5.75 Å². The molecule has 1 aliphatic heterocycles. The summed E-state index contributed by atoms with van der Waals surface area (Å²) < 4.78 is 10.8. The van der Waals surface area contributed by atoms with Crippen molar-refractivity contribution in [3.05, 3.63) is 74.4 Å². The highest BCUT2D eigenvalue weighted by Crippen LogP contribution is 2.56. The lowest BCUT2D eigenvalue weighted by molar-refractivity contribution is 0.0599. The summed E-state index contributed by atoms with van der Waals surface area (Å²) in [6, 6.07) is 11.4. The van der Waals surface area contributed by atoms with E-state index in [1.54, 1.807) is 6.07 Å². The summed E-state index contributed by atoms with van der Waals surface area (Å²) in [5.74, 6) is -0.703. The van der Waals surface area contributed by atoms with Crippen LogP contribution in [0.15, 0.2) is 56.1 Å². The third-order valence-corrected chi connectivity index (χ3v) is 6.54. The molecule has 0 amide bonds. The van der Waals surface area contributed by atoms with Crippen LogP contribution < -0.4 is 4.74 Å². The monoisotopic (exact) mass is 408 g/mol. The Bertz CT molecular complexity index is 1080. The van der Waals surface area contributed by atoms with Gasteiger partial charge in [-0.3, -0.25) is 0 Å². The van der Waals surface area contributed by atoms with Crippen molar-refractivity contribution in [1.29, 1.82) is 5.26 Å². The number of esters is 2. The van der Waals surface area contributed by atoms with Crippen LogP contribution in [0.25, 0.3) is 4.85 Å². The van der Waals surface area contributed by atoms with Crippen molar-refractivity contribution in [1.82, 2.24) is 0 Å². The Labute approximate surface area is 170 Å². The highest BCUT2D eigenvalue weighted by molar-refractivity contribution is 8.24. The molecule has 138 valence electrons. The van der Waals surface area contributed by atoms with Gasteiger partial charge in [0, 0.05) is 4.90 Å². The van der Waals surface area contributed by atoms with Crippen LogP contribution in [0.3, 0.4) is 0 Å². The Kier molecular flexibility index (Phi) is 5.74. The van der Waals surface area contributed by atoms with Gasteiger partial charge in [-0.2, -0.15) is 0 Å². The first-order chi connectivity index (χ1) is 13.5. The number of benzene rings is 2. The van der Waals surface area contributed by atoms with E-state index in [0.717, 1.165) is 10.5 Å². The number of ether oxygens (including phenoxy) is 2. The summed E-state index contributed by atoms with van der Waals surface area (Å²) >= 11 is 2.58. The quantitative estimate of drug-likeness (QED) is 0.312. The van der Waals surface area contributed by atoms with E-state index in [4.69, 9.17) is 16.6 Å². The van der Waals surface area contributed by atoms with Crippen molar-refractivity contribution >= 4 is 35.5 Å². The third kappa shape index (κ3) is 3.74. The summed E-state index contributed by atoms with van der Waals surface area (Å²) in [5.41, 5.74) is 1.60. The largest absolute Gasteiger partial charge is 0.465 e. The summed E-state index contributed by atoms with van der Waals surface area (Å²) in [4.78, 5) is 28.8. The molecule has 0 radical (unpaired) electrons. The van der Waals surface area contributed by atoms with Gasteiger partial charge in [-0.1, -0.05) is 29.6 Å². The van der Waals surface area contributed by atoms with E-state index >= 15 is 0 Å². The Hall–Kier alpha value is -3.20. The van der Waals surface area contributed by atoms with Crippen LogP contribution in [0.2, 0.25) is 0 Å². The molecule has 0 aliphatic carbocycles. The Balaban J connectivity index is 1.88. The molecule has 1 aliphatic rings. The molecule has 2 aromatic carbocycles. The lowest BCUT2D eigenvalue weighted by atomic mass is 10.1. The number of nitrogens with zero attached hydrogens (tertiary/aromatic N) is 2. The van der Waals surface area contributed by atoms with E-state index in [9.17, 15) is 9.59 Å². The zero-order valence-corrected chi connectivity index (χ0v) is 16.4. The molecular weight excluding hydrogens is 396 g/mol. The molecule has 0 atom stereocenters. The predicted octanol–water partition coefficient (Wildman–Crippen LogP) is 4.81. The van der Waals surface area contributed by atoms with Crippen molar-refractivity contribution in [2.45, 2.75) is 16.7 Å². The average Bonchev–Trinajstić information content (AvgIpc) is 3.17. The minimum absolute atomic E-state index is 0.0151. The fourth-order valence-electron chi connectivity index (χ4n) is 2.39. The number of allylic oxidation sites excluding steroid dienone is 1. The Morgan fingerprint density at radius 3 is 2.21 bits per heavy atom. The lowest BCUT2D eigenvalue weighted by Gasteiger charge is -2.10. The molecule has 0 fully saturated rings. The predicted molar refractivity (Wildman–Crippen MR) is 105 cm³/mol. The highest BCUT2D eigenvalue weighted by Gasteiger charge is 2.27. The second kappa shape index (κ2) is 8.22. The van der Waals surface area contributed by atoms with E-state index in [1.807, 2.05) is 19.1 Å².